The van der Waals surface area contributed by atoms with Crippen molar-refractivity contribution in [1.82, 2.24) is 5.32 Å². The first-order chi connectivity index (χ1) is 9.38. The van der Waals surface area contributed by atoms with Crippen LogP contribution in [0.15, 0.2) is 12.1 Å². The second-order valence-corrected chi connectivity index (χ2v) is 5.10. The van der Waals surface area contributed by atoms with Gasteiger partial charge < -0.3 is 10.6 Å². The van der Waals surface area contributed by atoms with Gasteiger partial charge >= 0.3 is 0 Å². The fourth-order valence-corrected chi connectivity index (χ4v) is 1.81. The van der Waals surface area contributed by atoms with E-state index in [1.807, 2.05) is 0 Å². The Morgan fingerprint density at radius 3 is 2.75 bits per heavy atom. The lowest BCUT2D eigenvalue weighted by atomic mass is 10.2. The van der Waals surface area contributed by atoms with Crippen molar-refractivity contribution in [2.45, 2.75) is 31.8 Å². The van der Waals surface area contributed by atoms with Crippen LogP contribution in [0.1, 0.15) is 19.8 Å². The molecule has 2 N–H and O–H groups in total. The topological polar surface area (TPSA) is 84.3 Å². The highest BCUT2D eigenvalue weighted by molar-refractivity contribution is 6.31. The number of hydrogen-bond acceptors (Lipinski definition) is 4. The number of amides is 1. The van der Waals surface area contributed by atoms with Crippen molar-refractivity contribution in [3.63, 3.8) is 0 Å². The van der Waals surface area contributed by atoms with E-state index in [4.69, 9.17) is 11.6 Å². The lowest BCUT2D eigenvalue weighted by Crippen LogP contribution is -2.38. The molecule has 8 heteroatoms. The predicted octanol–water partition coefficient (Wildman–Crippen LogP) is 2.47. The zero-order valence-electron chi connectivity index (χ0n) is 10.7. The standard InChI is InChI=1S/C12H13ClFN3O3/c1-6(12(18)16-7-2-3-7)15-10-5-9(14)8(13)4-11(10)17(19)20/h4-7,15H,2-3H2,1H3,(H,16,18). The van der Waals surface area contributed by atoms with Gasteiger partial charge in [-0.15, -0.1) is 0 Å². The van der Waals surface area contributed by atoms with Gasteiger partial charge in [0, 0.05) is 18.2 Å². The lowest BCUT2D eigenvalue weighted by Gasteiger charge is -2.15. The van der Waals surface area contributed by atoms with E-state index in [1.165, 1.54) is 0 Å². The SMILES string of the molecule is CC(Nc1cc(F)c(Cl)cc1[N+](=O)[O-])C(=O)NC1CC1. The van der Waals surface area contributed by atoms with E-state index < -0.39 is 16.8 Å². The van der Waals surface area contributed by atoms with Crippen LogP contribution in [0.3, 0.4) is 0 Å². The molecular formula is C12H13ClFN3O3. The summed E-state index contributed by atoms with van der Waals surface area (Å²) in [6.07, 6.45) is 1.88. The van der Waals surface area contributed by atoms with E-state index >= 15 is 0 Å². The number of nitro groups is 1. The Kier molecular flexibility index (Phi) is 4.08. The van der Waals surface area contributed by atoms with Crippen LogP contribution in [0.4, 0.5) is 15.8 Å². The zero-order chi connectivity index (χ0) is 14.9. The van der Waals surface area contributed by atoms with Crippen LogP contribution < -0.4 is 10.6 Å². The first kappa shape index (κ1) is 14.5. The molecule has 20 heavy (non-hydrogen) atoms. The second-order valence-electron chi connectivity index (χ2n) is 4.69. The summed E-state index contributed by atoms with van der Waals surface area (Å²) in [5.41, 5.74) is -0.446. The molecule has 1 fully saturated rings. The Balaban J connectivity index is 2.16. The van der Waals surface area contributed by atoms with Crippen LogP contribution in [0.5, 0.6) is 0 Å². The van der Waals surface area contributed by atoms with Gasteiger partial charge in [0.1, 0.15) is 17.5 Å². The number of carbonyl (C=O) groups is 1. The smallest absolute Gasteiger partial charge is 0.294 e. The van der Waals surface area contributed by atoms with E-state index in [-0.39, 0.29) is 28.3 Å². The third kappa shape index (κ3) is 3.36. The summed E-state index contributed by atoms with van der Waals surface area (Å²) >= 11 is 5.52. The maximum atomic E-state index is 13.4. The third-order valence-electron chi connectivity index (χ3n) is 2.92. The second kappa shape index (κ2) is 5.62. The molecule has 0 aromatic heterocycles. The molecule has 6 nitrogen and oxygen atoms in total. The summed E-state index contributed by atoms with van der Waals surface area (Å²) < 4.78 is 13.4. The molecule has 0 saturated heterocycles. The molecular weight excluding hydrogens is 289 g/mol. The van der Waals surface area contributed by atoms with Gasteiger partial charge in [0.2, 0.25) is 5.91 Å². The molecule has 1 saturated carbocycles. The number of hydrogen-bond donors (Lipinski definition) is 2. The van der Waals surface area contributed by atoms with Gasteiger partial charge in [-0.3, -0.25) is 14.9 Å². The van der Waals surface area contributed by atoms with Crippen molar-refractivity contribution in [1.29, 1.82) is 0 Å². The Morgan fingerprint density at radius 1 is 1.55 bits per heavy atom. The number of anilines is 1. The quantitative estimate of drug-likeness (QED) is 0.646. The van der Waals surface area contributed by atoms with Crippen molar-refractivity contribution < 1.29 is 14.1 Å². The van der Waals surface area contributed by atoms with E-state index in [0.717, 1.165) is 25.0 Å². The minimum atomic E-state index is -0.783. The number of nitrogens with one attached hydrogen (secondary N) is 2. The molecule has 108 valence electrons. The summed E-state index contributed by atoms with van der Waals surface area (Å²) in [6, 6.07) is 1.31. The highest BCUT2D eigenvalue weighted by Crippen LogP contribution is 2.30. The summed E-state index contributed by atoms with van der Waals surface area (Å²) in [5, 5.41) is 16.0. The van der Waals surface area contributed by atoms with Gasteiger partial charge in [-0.25, -0.2) is 4.39 Å². The van der Waals surface area contributed by atoms with Crippen molar-refractivity contribution in [3.8, 4) is 0 Å². The summed E-state index contributed by atoms with van der Waals surface area (Å²) in [6.45, 7) is 1.55. The molecule has 1 unspecified atom stereocenters. The van der Waals surface area contributed by atoms with E-state index in [1.54, 1.807) is 6.92 Å². The minimum absolute atomic E-state index is 0.0738. The van der Waals surface area contributed by atoms with Crippen molar-refractivity contribution in [2.75, 3.05) is 5.32 Å². The number of rotatable bonds is 5. The van der Waals surface area contributed by atoms with Crippen LogP contribution in [0, 0.1) is 15.9 Å². The fraction of sp³-hybridized carbons (Fsp3) is 0.417. The molecule has 2 rings (SSSR count). The predicted molar refractivity (Wildman–Crippen MR) is 72.3 cm³/mol. The third-order valence-corrected chi connectivity index (χ3v) is 3.21. The molecule has 1 atom stereocenters. The van der Waals surface area contributed by atoms with E-state index in [9.17, 15) is 19.3 Å². The van der Waals surface area contributed by atoms with Crippen LogP contribution in [-0.2, 0) is 4.79 Å². The Labute approximate surface area is 119 Å². The minimum Gasteiger partial charge on any atom is -0.368 e. The van der Waals surface area contributed by atoms with Crippen molar-refractivity contribution in [2.24, 2.45) is 0 Å². The van der Waals surface area contributed by atoms with Crippen molar-refractivity contribution in [3.05, 3.63) is 33.1 Å². The molecule has 0 spiro atoms. The fourth-order valence-electron chi connectivity index (χ4n) is 1.66. The zero-order valence-corrected chi connectivity index (χ0v) is 11.4. The Hall–Kier alpha value is -1.89. The molecule has 1 amide bonds. The average Bonchev–Trinajstić information content (AvgIpc) is 3.16. The molecule has 1 aromatic rings. The average molecular weight is 302 g/mol. The molecule has 0 heterocycles. The normalized spacial score (nSPS) is 15.6. The van der Waals surface area contributed by atoms with E-state index in [0.29, 0.717) is 0 Å². The largest absolute Gasteiger partial charge is 0.368 e. The first-order valence-corrected chi connectivity index (χ1v) is 6.46. The van der Waals surface area contributed by atoms with Crippen LogP contribution in [0.2, 0.25) is 5.02 Å². The van der Waals surface area contributed by atoms with Crippen LogP contribution >= 0.6 is 11.6 Å². The summed E-state index contributed by atoms with van der Waals surface area (Å²) in [5.74, 6) is -1.06. The Bertz CT molecular complexity index is 563. The molecule has 0 radical (unpaired) electrons. The summed E-state index contributed by atoms with van der Waals surface area (Å²) in [7, 11) is 0. The van der Waals surface area contributed by atoms with Crippen LogP contribution in [0.25, 0.3) is 0 Å². The maximum Gasteiger partial charge on any atom is 0.294 e. The number of benzene rings is 1. The van der Waals surface area contributed by atoms with Gasteiger partial charge in [-0.2, -0.15) is 0 Å². The lowest BCUT2D eigenvalue weighted by molar-refractivity contribution is -0.384. The monoisotopic (exact) mass is 301 g/mol. The molecule has 0 aliphatic heterocycles. The molecule has 1 aliphatic carbocycles. The van der Waals surface area contributed by atoms with E-state index in [2.05, 4.69) is 10.6 Å². The number of halogens is 2. The highest BCUT2D eigenvalue weighted by Gasteiger charge is 2.27. The van der Waals surface area contributed by atoms with Crippen molar-refractivity contribution >= 4 is 28.9 Å². The molecule has 0 bridgehead atoms. The first-order valence-electron chi connectivity index (χ1n) is 6.09. The van der Waals surface area contributed by atoms with Gasteiger partial charge in [0.25, 0.3) is 5.69 Å². The number of nitrogens with zero attached hydrogens (tertiary/aromatic N) is 1. The molecule has 1 aliphatic rings. The number of carbonyl (C=O) groups excluding carboxylic acids is 1. The van der Waals surface area contributed by atoms with Gasteiger partial charge in [0.05, 0.1) is 9.95 Å². The number of nitro benzene ring substituents is 1. The van der Waals surface area contributed by atoms with Gasteiger partial charge in [0.15, 0.2) is 0 Å². The molecule has 1 aromatic carbocycles. The highest BCUT2D eigenvalue weighted by atomic mass is 35.5. The van der Waals surface area contributed by atoms with Gasteiger partial charge in [-0.1, -0.05) is 11.6 Å². The van der Waals surface area contributed by atoms with Gasteiger partial charge in [-0.05, 0) is 19.8 Å². The van der Waals surface area contributed by atoms with Crippen LogP contribution in [-0.4, -0.2) is 22.9 Å². The maximum absolute atomic E-state index is 13.4. The Morgan fingerprint density at radius 2 is 2.20 bits per heavy atom. The summed E-state index contributed by atoms with van der Waals surface area (Å²) in [4.78, 5) is 22.0.